The minimum atomic E-state index is -4.96. The van der Waals surface area contributed by atoms with Crippen molar-refractivity contribution in [3.63, 3.8) is 0 Å². The molecule has 0 fully saturated rings. The molecule has 24 heavy (non-hydrogen) atoms. The number of carbonyl (C=O) groups is 1. The van der Waals surface area contributed by atoms with Gasteiger partial charge in [0.1, 0.15) is 11.6 Å². The fourth-order valence-corrected chi connectivity index (χ4v) is 2.36. The van der Waals surface area contributed by atoms with Crippen molar-refractivity contribution in [1.82, 2.24) is 0 Å². The number of hydrogen-bond donors (Lipinski definition) is 0. The molecule has 0 radical (unpaired) electrons. The number of carbonyl (C=O) groups excluding carboxylic acids is 1. The Morgan fingerprint density at radius 1 is 1.21 bits per heavy atom. The van der Waals surface area contributed by atoms with Crippen LogP contribution < -0.4 is 0 Å². The van der Waals surface area contributed by atoms with Crippen LogP contribution in [-0.4, -0.2) is 12.6 Å². The van der Waals surface area contributed by atoms with Crippen LogP contribution in [0.15, 0.2) is 12.1 Å². The summed E-state index contributed by atoms with van der Waals surface area (Å²) in [5, 5.41) is 0. The molecule has 7 heteroatoms. The third-order valence-corrected chi connectivity index (χ3v) is 3.56. The van der Waals surface area contributed by atoms with Gasteiger partial charge >= 0.3 is 12.1 Å². The third kappa shape index (κ3) is 4.55. The summed E-state index contributed by atoms with van der Waals surface area (Å²) in [6, 6.07) is 0.483. The Labute approximate surface area is 137 Å². The fraction of sp³-hybridized carbons (Fsp3) is 0.471. The third-order valence-electron chi connectivity index (χ3n) is 3.56. The second kappa shape index (κ2) is 8.26. The van der Waals surface area contributed by atoms with E-state index in [1.54, 1.807) is 20.8 Å². The molecule has 0 heterocycles. The molecule has 1 aromatic carbocycles. The van der Waals surface area contributed by atoms with Crippen molar-refractivity contribution in [2.24, 2.45) is 0 Å². The number of ether oxygens (including phenoxy) is 1. The number of hydrogen-bond acceptors (Lipinski definition) is 2. The fourth-order valence-electron chi connectivity index (χ4n) is 2.36. The van der Waals surface area contributed by atoms with E-state index in [-0.39, 0.29) is 18.6 Å². The lowest BCUT2D eigenvalue weighted by molar-refractivity contribution is -0.143. The number of rotatable bonds is 6. The minimum absolute atomic E-state index is 0.0796. The summed E-state index contributed by atoms with van der Waals surface area (Å²) >= 11 is 0. The van der Waals surface area contributed by atoms with E-state index >= 15 is 0 Å². The monoisotopic (exact) mass is 350 g/mol. The predicted molar refractivity (Wildman–Crippen MR) is 80.3 cm³/mol. The molecule has 0 atom stereocenters. The summed E-state index contributed by atoms with van der Waals surface area (Å²) < 4.78 is 72.6. The van der Waals surface area contributed by atoms with E-state index in [1.165, 1.54) is 6.08 Å². The summed E-state index contributed by atoms with van der Waals surface area (Å²) in [5.74, 6) is -3.48. The maximum Gasteiger partial charge on any atom is 0.419 e. The molecule has 1 rings (SSSR count). The van der Waals surface area contributed by atoms with E-state index in [4.69, 9.17) is 0 Å². The van der Waals surface area contributed by atoms with Crippen LogP contribution >= 0.6 is 0 Å². The van der Waals surface area contributed by atoms with Gasteiger partial charge < -0.3 is 4.74 Å². The molecule has 0 spiro atoms. The molecule has 0 saturated heterocycles. The van der Waals surface area contributed by atoms with E-state index in [2.05, 4.69) is 4.74 Å². The molecule has 0 aliphatic carbocycles. The molecule has 0 amide bonds. The van der Waals surface area contributed by atoms with Crippen LogP contribution in [0.3, 0.4) is 0 Å². The van der Waals surface area contributed by atoms with Gasteiger partial charge in [-0.25, -0.2) is 8.78 Å². The second-order valence-corrected chi connectivity index (χ2v) is 5.05. The first-order valence-corrected chi connectivity index (χ1v) is 7.56. The van der Waals surface area contributed by atoms with Crippen LogP contribution in [0, 0.1) is 11.6 Å². The first-order chi connectivity index (χ1) is 11.2. The highest BCUT2D eigenvalue weighted by atomic mass is 19.4. The van der Waals surface area contributed by atoms with E-state index in [1.807, 2.05) is 0 Å². The molecule has 0 bridgehead atoms. The Kier molecular flexibility index (Phi) is 6.93. The molecular formula is C17H19F5O2. The number of halogens is 5. The van der Waals surface area contributed by atoms with Crippen LogP contribution in [0.2, 0.25) is 0 Å². The summed E-state index contributed by atoms with van der Waals surface area (Å²) in [4.78, 5) is 11.4. The summed E-state index contributed by atoms with van der Waals surface area (Å²) in [7, 11) is 0. The molecular weight excluding hydrogens is 331 g/mol. The van der Waals surface area contributed by atoms with Crippen molar-refractivity contribution >= 4 is 11.5 Å². The number of alkyl halides is 3. The average Bonchev–Trinajstić information content (AvgIpc) is 2.49. The quantitative estimate of drug-likeness (QED) is 0.514. The van der Waals surface area contributed by atoms with Gasteiger partial charge in [0.2, 0.25) is 0 Å². The SMILES string of the molecule is C/C=C(/CC)c1cc(C(F)(F)F)c(F)c(CCC(=O)OCC)c1F. The highest BCUT2D eigenvalue weighted by Gasteiger charge is 2.37. The standard InChI is InChI=1S/C17H19F5O2/c1-4-10(5-2)12-9-13(17(20,21)22)16(19)11(15(12)18)7-8-14(23)24-6-3/h4,9H,5-8H2,1-3H3/b10-4-. The van der Waals surface area contributed by atoms with Crippen molar-refractivity contribution in [3.05, 3.63) is 40.5 Å². The van der Waals surface area contributed by atoms with Crippen LogP contribution in [0.5, 0.6) is 0 Å². The molecule has 0 N–H and O–H groups in total. The largest absolute Gasteiger partial charge is 0.466 e. The maximum absolute atomic E-state index is 14.6. The van der Waals surface area contributed by atoms with Crippen molar-refractivity contribution in [3.8, 4) is 0 Å². The Hall–Kier alpha value is -1.92. The van der Waals surface area contributed by atoms with E-state index in [0.717, 1.165) is 0 Å². The summed E-state index contributed by atoms with van der Waals surface area (Å²) in [6.07, 6.45) is -4.11. The minimum Gasteiger partial charge on any atom is -0.466 e. The lowest BCUT2D eigenvalue weighted by atomic mass is 9.94. The Morgan fingerprint density at radius 3 is 2.29 bits per heavy atom. The molecule has 0 aliphatic heterocycles. The van der Waals surface area contributed by atoms with E-state index < -0.39 is 47.7 Å². The second-order valence-electron chi connectivity index (χ2n) is 5.05. The van der Waals surface area contributed by atoms with Crippen molar-refractivity contribution in [2.75, 3.05) is 6.61 Å². The summed E-state index contributed by atoms with van der Waals surface area (Å²) in [6.45, 7) is 4.86. The molecule has 1 aromatic rings. The topological polar surface area (TPSA) is 26.3 Å². The van der Waals surface area contributed by atoms with Gasteiger partial charge in [-0.3, -0.25) is 4.79 Å². The predicted octanol–water partition coefficient (Wildman–Crippen LogP) is 5.29. The molecule has 0 saturated carbocycles. The van der Waals surface area contributed by atoms with E-state index in [0.29, 0.717) is 11.6 Å². The van der Waals surface area contributed by atoms with Crippen LogP contribution in [0.25, 0.3) is 5.57 Å². The first kappa shape index (κ1) is 20.1. The van der Waals surface area contributed by atoms with Gasteiger partial charge in [-0.05, 0) is 38.3 Å². The Balaban J connectivity index is 3.44. The number of esters is 1. The molecule has 2 nitrogen and oxygen atoms in total. The van der Waals surface area contributed by atoms with Gasteiger partial charge in [0, 0.05) is 17.5 Å². The van der Waals surface area contributed by atoms with Crippen LogP contribution in [0.1, 0.15) is 50.3 Å². The number of allylic oxidation sites excluding steroid dienone is 2. The zero-order valence-corrected chi connectivity index (χ0v) is 13.7. The van der Waals surface area contributed by atoms with Gasteiger partial charge in [-0.15, -0.1) is 0 Å². The van der Waals surface area contributed by atoms with Gasteiger partial charge in [-0.1, -0.05) is 13.0 Å². The number of benzene rings is 1. The smallest absolute Gasteiger partial charge is 0.419 e. The van der Waals surface area contributed by atoms with Gasteiger partial charge in [0.05, 0.1) is 12.2 Å². The molecule has 134 valence electrons. The van der Waals surface area contributed by atoms with Gasteiger partial charge in [-0.2, -0.15) is 13.2 Å². The highest BCUT2D eigenvalue weighted by Crippen LogP contribution is 2.37. The van der Waals surface area contributed by atoms with Crippen molar-refractivity contribution in [1.29, 1.82) is 0 Å². The molecule has 0 aromatic heterocycles. The van der Waals surface area contributed by atoms with Gasteiger partial charge in [0.15, 0.2) is 0 Å². The lowest BCUT2D eigenvalue weighted by Crippen LogP contribution is -2.15. The Morgan fingerprint density at radius 2 is 1.83 bits per heavy atom. The highest BCUT2D eigenvalue weighted by molar-refractivity contribution is 5.70. The summed E-state index contributed by atoms with van der Waals surface area (Å²) in [5.41, 5.74) is -2.26. The van der Waals surface area contributed by atoms with Crippen LogP contribution in [0.4, 0.5) is 22.0 Å². The Bertz CT molecular complexity index is 633. The van der Waals surface area contributed by atoms with Gasteiger partial charge in [0.25, 0.3) is 0 Å². The van der Waals surface area contributed by atoms with E-state index in [9.17, 15) is 26.7 Å². The average molecular weight is 350 g/mol. The first-order valence-electron chi connectivity index (χ1n) is 7.56. The maximum atomic E-state index is 14.6. The zero-order chi connectivity index (χ0) is 18.5. The van der Waals surface area contributed by atoms with Crippen molar-refractivity contribution in [2.45, 2.75) is 46.2 Å². The zero-order valence-electron chi connectivity index (χ0n) is 13.7. The van der Waals surface area contributed by atoms with Crippen molar-refractivity contribution < 1.29 is 31.5 Å². The van der Waals surface area contributed by atoms with Crippen LogP contribution in [-0.2, 0) is 22.1 Å². The molecule has 0 unspecified atom stereocenters. The molecule has 0 aliphatic rings. The normalized spacial score (nSPS) is 12.4. The lowest BCUT2D eigenvalue weighted by Gasteiger charge is -2.17.